The Morgan fingerprint density at radius 1 is 0.515 bits per heavy atom. The predicted octanol–water partition coefficient (Wildman–Crippen LogP) is 8.83. The van der Waals surface area contributed by atoms with E-state index in [2.05, 4.69) is 71.6 Å². The number of hydrogen-bond donors (Lipinski definition) is 0. The molecule has 0 radical (unpaired) electrons. The van der Waals surface area contributed by atoms with Crippen molar-refractivity contribution in [1.29, 1.82) is 0 Å². The maximum absolute atomic E-state index is 6.25. The zero-order valence-corrected chi connectivity index (χ0v) is 17.7. The fraction of sp³-hybridized carbons (Fsp3) is 0. The number of fused-ring (bicyclic) bond motifs is 5. The van der Waals surface area contributed by atoms with Crippen molar-refractivity contribution < 1.29 is 9.15 Å². The average Bonchev–Trinajstić information content (AvgIpc) is 3.26. The van der Waals surface area contributed by atoms with Gasteiger partial charge >= 0.3 is 0 Å². The highest BCUT2D eigenvalue weighted by atomic mass is 16.5. The van der Waals surface area contributed by atoms with Crippen molar-refractivity contribution in [2.45, 2.75) is 0 Å². The third-order valence-corrected chi connectivity index (χ3v) is 6.27. The molecule has 3 heteroatoms. The molecule has 33 heavy (non-hydrogen) atoms. The summed E-state index contributed by atoms with van der Waals surface area (Å²) in [7, 11) is 0. The molecule has 2 heterocycles. The SMILES string of the molecule is c1ccc2c(c1)Oc1ccccc1N2c1ccc(-c2cccc3c2oc2ccccc23)cc1. The lowest BCUT2D eigenvalue weighted by Gasteiger charge is -2.32. The summed E-state index contributed by atoms with van der Waals surface area (Å²) < 4.78 is 12.4. The summed E-state index contributed by atoms with van der Waals surface area (Å²) in [5.74, 6) is 1.71. The van der Waals surface area contributed by atoms with E-state index < -0.39 is 0 Å². The number of rotatable bonds is 2. The minimum absolute atomic E-state index is 0.854. The van der Waals surface area contributed by atoms with Gasteiger partial charge in [-0.05, 0) is 48.0 Å². The Morgan fingerprint density at radius 3 is 1.91 bits per heavy atom. The predicted molar refractivity (Wildman–Crippen MR) is 134 cm³/mol. The van der Waals surface area contributed by atoms with Crippen molar-refractivity contribution in [3.05, 3.63) is 115 Å². The van der Waals surface area contributed by atoms with E-state index in [1.807, 2.05) is 48.5 Å². The van der Waals surface area contributed by atoms with Gasteiger partial charge in [-0.1, -0.05) is 72.8 Å². The van der Waals surface area contributed by atoms with E-state index in [1.54, 1.807) is 0 Å². The van der Waals surface area contributed by atoms with Crippen LogP contribution in [0, 0.1) is 0 Å². The summed E-state index contributed by atoms with van der Waals surface area (Å²) in [6, 6.07) is 39.5. The third kappa shape index (κ3) is 2.76. The molecule has 0 saturated heterocycles. The smallest absolute Gasteiger partial charge is 0.151 e. The maximum Gasteiger partial charge on any atom is 0.151 e. The highest BCUT2D eigenvalue weighted by Crippen LogP contribution is 2.50. The summed E-state index contributed by atoms with van der Waals surface area (Å²) in [5.41, 5.74) is 7.20. The van der Waals surface area contributed by atoms with Crippen molar-refractivity contribution >= 4 is 39.0 Å². The molecule has 1 aromatic heterocycles. The largest absolute Gasteiger partial charge is 0.455 e. The van der Waals surface area contributed by atoms with Crippen molar-refractivity contribution in [2.24, 2.45) is 0 Å². The molecule has 0 N–H and O–H groups in total. The van der Waals surface area contributed by atoms with E-state index in [0.717, 1.165) is 61.6 Å². The first-order valence-corrected chi connectivity index (χ1v) is 11.0. The second-order valence-corrected chi connectivity index (χ2v) is 8.20. The van der Waals surface area contributed by atoms with Gasteiger partial charge in [0.15, 0.2) is 11.5 Å². The summed E-state index contributed by atoms with van der Waals surface area (Å²) in [4.78, 5) is 2.25. The molecular formula is C30H19NO2. The second kappa shape index (κ2) is 7.01. The molecule has 0 aliphatic carbocycles. The Morgan fingerprint density at radius 2 is 1.15 bits per heavy atom. The summed E-state index contributed by atoms with van der Waals surface area (Å²) in [6.45, 7) is 0. The monoisotopic (exact) mass is 425 g/mol. The quantitative estimate of drug-likeness (QED) is 0.277. The Hall–Kier alpha value is -4.50. The van der Waals surface area contributed by atoms with Crippen LogP contribution >= 0.6 is 0 Å². The van der Waals surface area contributed by atoms with E-state index in [0.29, 0.717) is 0 Å². The molecule has 3 nitrogen and oxygen atoms in total. The van der Waals surface area contributed by atoms with Crippen LogP contribution in [0.3, 0.4) is 0 Å². The molecular weight excluding hydrogens is 406 g/mol. The molecule has 1 aliphatic rings. The maximum atomic E-state index is 6.25. The third-order valence-electron chi connectivity index (χ3n) is 6.27. The molecule has 0 bridgehead atoms. The number of ether oxygens (including phenoxy) is 1. The number of furan rings is 1. The Bertz CT molecular complexity index is 1600. The van der Waals surface area contributed by atoms with Gasteiger partial charge in [0.1, 0.15) is 11.2 Å². The molecule has 0 saturated carbocycles. The Balaban J connectivity index is 1.36. The van der Waals surface area contributed by atoms with E-state index in [9.17, 15) is 0 Å². The van der Waals surface area contributed by atoms with Crippen molar-refractivity contribution in [2.75, 3.05) is 4.90 Å². The van der Waals surface area contributed by atoms with Gasteiger partial charge < -0.3 is 14.1 Å². The van der Waals surface area contributed by atoms with E-state index >= 15 is 0 Å². The van der Waals surface area contributed by atoms with Gasteiger partial charge in [0.2, 0.25) is 0 Å². The molecule has 0 unspecified atom stereocenters. The highest BCUT2D eigenvalue weighted by Gasteiger charge is 2.25. The van der Waals surface area contributed by atoms with E-state index in [1.165, 1.54) is 0 Å². The molecule has 7 rings (SSSR count). The summed E-state index contributed by atoms with van der Waals surface area (Å²) >= 11 is 0. The van der Waals surface area contributed by atoms with E-state index in [-0.39, 0.29) is 0 Å². The van der Waals surface area contributed by atoms with Crippen LogP contribution in [0.5, 0.6) is 11.5 Å². The van der Waals surface area contributed by atoms with Crippen LogP contribution in [0.4, 0.5) is 17.1 Å². The Labute approximate surface area is 191 Å². The van der Waals surface area contributed by atoms with Crippen LogP contribution < -0.4 is 9.64 Å². The number of benzene rings is 5. The zero-order chi connectivity index (χ0) is 21.8. The first-order chi connectivity index (χ1) is 16.4. The van der Waals surface area contributed by atoms with Gasteiger partial charge in [-0.25, -0.2) is 0 Å². The number of nitrogens with zero attached hydrogens (tertiary/aromatic N) is 1. The number of para-hydroxylation sites is 6. The van der Waals surface area contributed by atoms with Crippen LogP contribution in [0.15, 0.2) is 120 Å². The van der Waals surface area contributed by atoms with Gasteiger partial charge in [-0.15, -0.1) is 0 Å². The van der Waals surface area contributed by atoms with Gasteiger partial charge in [0, 0.05) is 22.0 Å². The normalized spacial score (nSPS) is 12.4. The van der Waals surface area contributed by atoms with Crippen LogP contribution in [-0.2, 0) is 0 Å². The van der Waals surface area contributed by atoms with Crippen molar-refractivity contribution in [1.82, 2.24) is 0 Å². The topological polar surface area (TPSA) is 25.6 Å². The van der Waals surface area contributed by atoms with E-state index in [4.69, 9.17) is 9.15 Å². The van der Waals surface area contributed by atoms with Gasteiger partial charge in [0.05, 0.1) is 11.4 Å². The van der Waals surface area contributed by atoms with Crippen LogP contribution in [0.2, 0.25) is 0 Å². The molecule has 6 aromatic rings. The van der Waals surface area contributed by atoms with Gasteiger partial charge in [-0.3, -0.25) is 0 Å². The number of anilines is 3. The molecule has 0 atom stereocenters. The van der Waals surface area contributed by atoms with Gasteiger partial charge in [-0.2, -0.15) is 0 Å². The fourth-order valence-electron chi connectivity index (χ4n) is 4.75. The molecule has 0 spiro atoms. The lowest BCUT2D eigenvalue weighted by Crippen LogP contribution is -2.15. The van der Waals surface area contributed by atoms with Crippen LogP contribution in [0.25, 0.3) is 33.1 Å². The lowest BCUT2D eigenvalue weighted by atomic mass is 10.0. The van der Waals surface area contributed by atoms with Gasteiger partial charge in [0.25, 0.3) is 0 Å². The average molecular weight is 425 g/mol. The Kier molecular flexibility index (Phi) is 3.84. The van der Waals surface area contributed by atoms with Crippen molar-refractivity contribution in [3.63, 3.8) is 0 Å². The first kappa shape index (κ1) is 18.1. The minimum atomic E-state index is 0.854. The minimum Gasteiger partial charge on any atom is -0.455 e. The first-order valence-electron chi connectivity index (χ1n) is 11.0. The molecule has 5 aromatic carbocycles. The molecule has 0 amide bonds. The zero-order valence-electron chi connectivity index (χ0n) is 17.7. The number of hydrogen-bond acceptors (Lipinski definition) is 3. The summed E-state index contributed by atoms with van der Waals surface area (Å²) in [6.07, 6.45) is 0. The van der Waals surface area contributed by atoms with Crippen LogP contribution in [-0.4, -0.2) is 0 Å². The molecule has 0 fully saturated rings. The lowest BCUT2D eigenvalue weighted by molar-refractivity contribution is 0.477. The van der Waals surface area contributed by atoms with Crippen molar-refractivity contribution in [3.8, 4) is 22.6 Å². The van der Waals surface area contributed by atoms with Crippen LogP contribution in [0.1, 0.15) is 0 Å². The standard InChI is InChI=1S/C30H19NO2/c1-4-13-27-23(8-1)24-10-7-9-22(30(24)33-27)20-16-18-21(19-17-20)31-25-11-2-5-14-28(25)32-29-15-6-3-12-26(29)31/h1-19H. The highest BCUT2D eigenvalue weighted by molar-refractivity contribution is 6.09. The molecule has 156 valence electrons. The summed E-state index contributed by atoms with van der Waals surface area (Å²) in [5, 5.41) is 2.29. The second-order valence-electron chi connectivity index (χ2n) is 8.20. The molecule has 1 aliphatic heterocycles. The fourth-order valence-corrected chi connectivity index (χ4v) is 4.75.